The Morgan fingerprint density at radius 3 is 2.51 bits per heavy atom. The Bertz CT molecular complexity index is 1700. The van der Waals surface area contributed by atoms with E-state index in [0.29, 0.717) is 28.4 Å². The number of oxazole rings is 1. The second-order valence-corrected chi connectivity index (χ2v) is 10.3. The molecule has 196 valence electrons. The topological polar surface area (TPSA) is 80.3 Å². The Morgan fingerprint density at radius 2 is 1.74 bits per heavy atom. The van der Waals surface area contributed by atoms with Crippen molar-refractivity contribution in [2.45, 2.75) is 26.7 Å². The lowest BCUT2D eigenvalue weighted by molar-refractivity contribution is -0.115. The van der Waals surface area contributed by atoms with Gasteiger partial charge in [0.25, 0.3) is 0 Å². The van der Waals surface area contributed by atoms with Crippen LogP contribution in [-0.4, -0.2) is 16.0 Å². The summed E-state index contributed by atoms with van der Waals surface area (Å²) in [5, 5.41) is 6.59. The average Bonchev–Trinajstić information content (AvgIpc) is 3.56. The van der Waals surface area contributed by atoms with Crippen molar-refractivity contribution in [1.29, 1.82) is 0 Å². The van der Waals surface area contributed by atoms with Gasteiger partial charge in [0.05, 0.1) is 0 Å². The summed E-state index contributed by atoms with van der Waals surface area (Å²) in [6.45, 7) is 6.24. The minimum Gasteiger partial charge on any atom is -0.457 e. The maximum atomic E-state index is 12.5. The van der Waals surface area contributed by atoms with Gasteiger partial charge in [-0.3, -0.25) is 10.1 Å². The fourth-order valence-corrected chi connectivity index (χ4v) is 4.33. The first-order chi connectivity index (χ1) is 18.7. The molecule has 3 aromatic carbocycles. The molecule has 2 N–H and O–H groups in total. The maximum absolute atomic E-state index is 12.5. The molecule has 0 radical (unpaired) electrons. The van der Waals surface area contributed by atoms with E-state index >= 15 is 0 Å². The number of benzene rings is 3. The highest BCUT2D eigenvalue weighted by Gasteiger charge is 2.13. The average molecular weight is 556 g/mol. The number of nitrogens with one attached hydrogen (secondary N) is 2. The van der Waals surface area contributed by atoms with Gasteiger partial charge in [0.1, 0.15) is 17.0 Å². The number of carbonyl (C=O) groups is 1. The summed E-state index contributed by atoms with van der Waals surface area (Å²) in [5.74, 6) is 1.76. The van der Waals surface area contributed by atoms with Crippen molar-refractivity contribution in [3.8, 4) is 22.8 Å². The number of halogens is 1. The number of furan rings is 1. The summed E-state index contributed by atoms with van der Waals surface area (Å²) in [6.07, 6.45) is 2.95. The van der Waals surface area contributed by atoms with Gasteiger partial charge >= 0.3 is 0 Å². The Morgan fingerprint density at radius 1 is 0.974 bits per heavy atom. The van der Waals surface area contributed by atoms with Gasteiger partial charge in [-0.05, 0) is 103 Å². The highest BCUT2D eigenvalue weighted by molar-refractivity contribution is 7.80. The molecule has 5 rings (SSSR count). The summed E-state index contributed by atoms with van der Waals surface area (Å²) >= 11 is 11.3. The van der Waals surface area contributed by atoms with Crippen LogP contribution in [0.1, 0.15) is 36.7 Å². The standard InChI is InChI=1S/C31H26ClN3O3S/c1-18(2)21-8-13-28-26(16-21)33-30(38-28)22-5-4-19(3)25(17-22)34-31(39)35-29(36)15-12-24-11-14-27(37-24)20-6-9-23(32)10-7-20/h4-18H,1-3H3,(H2,34,35,36,39). The number of nitrogens with zero attached hydrogens (tertiary/aromatic N) is 1. The molecule has 1 amide bonds. The maximum Gasteiger partial charge on any atom is 0.250 e. The number of aromatic nitrogens is 1. The Balaban J connectivity index is 1.24. The van der Waals surface area contributed by atoms with Crippen molar-refractivity contribution < 1.29 is 13.6 Å². The summed E-state index contributed by atoms with van der Waals surface area (Å²) < 4.78 is 11.8. The van der Waals surface area contributed by atoms with Crippen LogP contribution in [0.25, 0.3) is 40.0 Å². The van der Waals surface area contributed by atoms with Gasteiger partial charge in [0.15, 0.2) is 10.7 Å². The number of hydrogen-bond donors (Lipinski definition) is 2. The van der Waals surface area contributed by atoms with E-state index in [1.165, 1.54) is 11.6 Å². The van der Waals surface area contributed by atoms with Gasteiger partial charge in [-0.15, -0.1) is 0 Å². The summed E-state index contributed by atoms with van der Waals surface area (Å²) in [7, 11) is 0. The lowest BCUT2D eigenvalue weighted by Crippen LogP contribution is -2.33. The molecule has 0 aliphatic carbocycles. The Labute approximate surface area is 236 Å². The van der Waals surface area contributed by atoms with Gasteiger partial charge in [-0.2, -0.15) is 0 Å². The zero-order valence-electron chi connectivity index (χ0n) is 21.6. The smallest absolute Gasteiger partial charge is 0.250 e. The molecular formula is C31H26ClN3O3S. The van der Waals surface area contributed by atoms with Crippen molar-refractivity contribution in [3.05, 3.63) is 101 Å². The van der Waals surface area contributed by atoms with E-state index in [1.807, 2.05) is 49.4 Å². The zero-order valence-corrected chi connectivity index (χ0v) is 23.2. The highest BCUT2D eigenvalue weighted by atomic mass is 35.5. The SMILES string of the molecule is Cc1ccc(-c2nc3cc(C(C)C)ccc3o2)cc1NC(=S)NC(=O)C=Cc1ccc(-c2ccc(Cl)cc2)o1. The molecule has 0 fully saturated rings. The Kier molecular flexibility index (Phi) is 7.63. The molecule has 0 spiro atoms. The molecule has 0 aliphatic rings. The van der Waals surface area contributed by atoms with Crippen LogP contribution < -0.4 is 10.6 Å². The summed E-state index contributed by atoms with van der Waals surface area (Å²) in [4.78, 5) is 17.2. The van der Waals surface area contributed by atoms with E-state index in [-0.39, 0.29) is 11.0 Å². The molecule has 0 unspecified atom stereocenters. The fraction of sp³-hybridized carbons (Fsp3) is 0.129. The summed E-state index contributed by atoms with van der Waals surface area (Å²) in [6, 6.07) is 22.8. The van der Waals surface area contributed by atoms with E-state index in [9.17, 15) is 4.79 Å². The van der Waals surface area contributed by atoms with E-state index in [2.05, 4.69) is 41.6 Å². The van der Waals surface area contributed by atoms with Crippen LogP contribution in [0.5, 0.6) is 0 Å². The van der Waals surface area contributed by atoms with Crippen LogP contribution in [0, 0.1) is 6.92 Å². The Hall–Kier alpha value is -4.20. The number of anilines is 1. The number of hydrogen-bond acceptors (Lipinski definition) is 5. The minimum absolute atomic E-state index is 0.172. The molecule has 0 aliphatic heterocycles. The quantitative estimate of drug-likeness (QED) is 0.162. The van der Waals surface area contributed by atoms with E-state index < -0.39 is 0 Å². The van der Waals surface area contributed by atoms with E-state index in [4.69, 9.17) is 32.7 Å². The van der Waals surface area contributed by atoms with E-state index in [0.717, 1.165) is 33.5 Å². The summed E-state index contributed by atoms with van der Waals surface area (Å²) in [5.41, 5.74) is 6.14. The molecule has 5 aromatic rings. The number of fused-ring (bicyclic) bond motifs is 1. The lowest BCUT2D eigenvalue weighted by Gasteiger charge is -2.11. The second kappa shape index (κ2) is 11.3. The number of aryl methyl sites for hydroxylation is 1. The predicted octanol–water partition coefficient (Wildman–Crippen LogP) is 8.37. The van der Waals surface area contributed by atoms with Crippen molar-refractivity contribution in [1.82, 2.24) is 10.3 Å². The van der Waals surface area contributed by atoms with Gasteiger partial charge in [-0.1, -0.05) is 37.6 Å². The minimum atomic E-state index is -0.384. The molecule has 2 heterocycles. The molecular weight excluding hydrogens is 530 g/mol. The predicted molar refractivity (Wildman–Crippen MR) is 161 cm³/mol. The van der Waals surface area contributed by atoms with E-state index in [1.54, 1.807) is 24.3 Å². The monoisotopic (exact) mass is 555 g/mol. The highest BCUT2D eigenvalue weighted by Crippen LogP contribution is 2.30. The first-order valence-corrected chi connectivity index (χ1v) is 13.2. The third kappa shape index (κ3) is 6.28. The molecule has 2 aromatic heterocycles. The van der Waals surface area contributed by atoms with Crippen LogP contribution in [-0.2, 0) is 4.79 Å². The number of carbonyl (C=O) groups excluding carboxylic acids is 1. The van der Waals surface area contributed by atoms with Crippen LogP contribution in [0.3, 0.4) is 0 Å². The lowest BCUT2D eigenvalue weighted by atomic mass is 10.0. The van der Waals surface area contributed by atoms with Gasteiger partial charge in [0.2, 0.25) is 11.8 Å². The van der Waals surface area contributed by atoms with Gasteiger partial charge < -0.3 is 14.2 Å². The van der Waals surface area contributed by atoms with Gasteiger partial charge in [0, 0.05) is 27.9 Å². The number of amides is 1. The largest absolute Gasteiger partial charge is 0.457 e. The number of rotatable bonds is 6. The molecule has 0 saturated heterocycles. The molecule has 0 saturated carbocycles. The fourth-order valence-electron chi connectivity index (χ4n) is 3.99. The van der Waals surface area contributed by atoms with Crippen LogP contribution in [0.4, 0.5) is 5.69 Å². The molecule has 39 heavy (non-hydrogen) atoms. The third-order valence-corrected chi connectivity index (χ3v) is 6.66. The number of thiocarbonyl (C=S) groups is 1. The molecule has 0 bridgehead atoms. The van der Waals surface area contributed by atoms with Gasteiger partial charge in [-0.25, -0.2) is 4.98 Å². The van der Waals surface area contributed by atoms with Crippen molar-refractivity contribution in [2.24, 2.45) is 0 Å². The first-order valence-electron chi connectivity index (χ1n) is 12.4. The second-order valence-electron chi connectivity index (χ2n) is 9.42. The van der Waals surface area contributed by atoms with Crippen molar-refractivity contribution >= 4 is 57.7 Å². The van der Waals surface area contributed by atoms with Crippen LogP contribution in [0.2, 0.25) is 5.02 Å². The van der Waals surface area contributed by atoms with Crippen LogP contribution in [0.15, 0.2) is 87.7 Å². The normalized spacial score (nSPS) is 11.4. The zero-order chi connectivity index (χ0) is 27.5. The van der Waals surface area contributed by atoms with Crippen LogP contribution >= 0.6 is 23.8 Å². The third-order valence-electron chi connectivity index (χ3n) is 6.20. The van der Waals surface area contributed by atoms with Crippen molar-refractivity contribution in [2.75, 3.05) is 5.32 Å². The van der Waals surface area contributed by atoms with Crippen molar-refractivity contribution in [3.63, 3.8) is 0 Å². The first kappa shape index (κ1) is 26.4. The molecule has 6 nitrogen and oxygen atoms in total. The molecule has 0 atom stereocenters. The molecule has 8 heteroatoms.